The molecule has 1 aromatic rings. The van der Waals surface area contributed by atoms with Gasteiger partial charge in [0.05, 0.1) is 23.1 Å². The fourth-order valence-electron chi connectivity index (χ4n) is 1.95. The van der Waals surface area contributed by atoms with Crippen LogP contribution in [-0.4, -0.2) is 45.2 Å². The third kappa shape index (κ3) is 4.61. The Labute approximate surface area is 138 Å². The third-order valence-corrected chi connectivity index (χ3v) is 4.76. The van der Waals surface area contributed by atoms with E-state index in [9.17, 15) is 9.59 Å². The van der Waals surface area contributed by atoms with Gasteiger partial charge < -0.3 is 10.1 Å². The van der Waals surface area contributed by atoms with Crippen LogP contribution < -0.4 is 5.32 Å². The second-order valence-electron chi connectivity index (χ2n) is 6.04. The molecule has 8 heteroatoms. The monoisotopic (exact) mass is 343 g/mol. The SMILES string of the molecule is Cc1nc(CNC(=O)[C@@H]2CSCN2C(=O)OC(C)(C)C)cs1. The number of nitrogens with one attached hydrogen (secondary N) is 1. The molecule has 1 saturated heterocycles. The molecule has 1 fully saturated rings. The lowest BCUT2D eigenvalue weighted by Gasteiger charge is -2.27. The average Bonchev–Trinajstić information content (AvgIpc) is 3.02. The van der Waals surface area contributed by atoms with Crippen LogP contribution >= 0.6 is 23.1 Å². The van der Waals surface area contributed by atoms with Crippen molar-refractivity contribution in [3.63, 3.8) is 0 Å². The van der Waals surface area contributed by atoms with E-state index in [0.29, 0.717) is 18.2 Å². The molecular formula is C14H21N3O3S2. The van der Waals surface area contributed by atoms with E-state index in [1.165, 1.54) is 4.90 Å². The standard InChI is InChI=1S/C14H21N3O3S2/c1-9-16-10(6-22-9)5-15-12(18)11-7-21-8-17(11)13(19)20-14(2,3)4/h6,11H,5,7-8H2,1-4H3,(H,15,18)/t11-/m0/s1. The minimum atomic E-state index is -0.566. The van der Waals surface area contributed by atoms with Gasteiger partial charge in [0.1, 0.15) is 11.6 Å². The van der Waals surface area contributed by atoms with Crippen molar-refractivity contribution in [1.29, 1.82) is 0 Å². The molecule has 0 unspecified atom stereocenters. The van der Waals surface area contributed by atoms with Crippen LogP contribution in [0.4, 0.5) is 4.79 Å². The first-order valence-corrected chi connectivity index (χ1v) is 9.06. The number of hydrogen-bond acceptors (Lipinski definition) is 6. The Hall–Kier alpha value is -1.28. The van der Waals surface area contributed by atoms with Crippen LogP contribution in [0.2, 0.25) is 0 Å². The van der Waals surface area contributed by atoms with E-state index in [4.69, 9.17) is 4.74 Å². The van der Waals surface area contributed by atoms with Gasteiger partial charge in [-0.1, -0.05) is 0 Å². The molecule has 6 nitrogen and oxygen atoms in total. The molecule has 0 aromatic carbocycles. The van der Waals surface area contributed by atoms with Crippen LogP contribution in [0.3, 0.4) is 0 Å². The minimum absolute atomic E-state index is 0.165. The zero-order valence-electron chi connectivity index (χ0n) is 13.2. The molecule has 0 aliphatic carbocycles. The Balaban J connectivity index is 1.91. The number of rotatable bonds is 3. The predicted octanol–water partition coefficient (Wildman–Crippen LogP) is 2.38. The first-order chi connectivity index (χ1) is 10.3. The van der Waals surface area contributed by atoms with Crippen molar-refractivity contribution >= 4 is 35.1 Å². The molecule has 2 rings (SSSR count). The summed E-state index contributed by atoms with van der Waals surface area (Å²) in [7, 11) is 0. The van der Waals surface area contributed by atoms with E-state index in [1.807, 2.05) is 33.1 Å². The fourth-order valence-corrected chi connectivity index (χ4v) is 3.70. The quantitative estimate of drug-likeness (QED) is 0.912. The maximum absolute atomic E-state index is 12.3. The fraction of sp³-hybridized carbons (Fsp3) is 0.643. The molecular weight excluding hydrogens is 322 g/mol. The highest BCUT2D eigenvalue weighted by Crippen LogP contribution is 2.23. The third-order valence-electron chi connectivity index (χ3n) is 2.92. The van der Waals surface area contributed by atoms with Gasteiger partial charge in [0.25, 0.3) is 0 Å². The van der Waals surface area contributed by atoms with Crippen LogP contribution in [0.1, 0.15) is 31.5 Å². The summed E-state index contributed by atoms with van der Waals surface area (Å²) in [5.41, 5.74) is 0.272. The van der Waals surface area contributed by atoms with E-state index in [1.54, 1.807) is 23.1 Å². The van der Waals surface area contributed by atoms with Crippen LogP contribution in [0.15, 0.2) is 5.38 Å². The summed E-state index contributed by atoms with van der Waals surface area (Å²) in [4.78, 5) is 30.2. The van der Waals surface area contributed by atoms with Crippen LogP contribution in [0, 0.1) is 6.92 Å². The number of aromatic nitrogens is 1. The number of ether oxygens (including phenoxy) is 1. The second kappa shape index (κ2) is 6.87. The predicted molar refractivity (Wildman–Crippen MR) is 87.9 cm³/mol. The van der Waals surface area contributed by atoms with Crippen molar-refractivity contribution in [2.24, 2.45) is 0 Å². The molecule has 1 aliphatic heterocycles. The number of nitrogens with zero attached hydrogens (tertiary/aromatic N) is 2. The Morgan fingerprint density at radius 3 is 2.82 bits per heavy atom. The Kier molecular flexibility index (Phi) is 5.33. The molecule has 1 aromatic heterocycles. The van der Waals surface area contributed by atoms with Crippen molar-refractivity contribution in [2.45, 2.75) is 45.9 Å². The molecule has 0 bridgehead atoms. The lowest BCUT2D eigenvalue weighted by Crippen LogP contribution is -2.48. The first kappa shape index (κ1) is 17.1. The summed E-state index contributed by atoms with van der Waals surface area (Å²) >= 11 is 3.10. The van der Waals surface area contributed by atoms with Gasteiger partial charge in [-0.25, -0.2) is 9.78 Å². The Bertz CT molecular complexity index is 554. The molecule has 2 amide bonds. The molecule has 0 saturated carbocycles. The van der Waals surface area contributed by atoms with Crippen LogP contribution in [0.5, 0.6) is 0 Å². The number of thiazole rings is 1. The van der Waals surface area contributed by atoms with Crippen LogP contribution in [0.25, 0.3) is 0 Å². The number of amides is 2. The number of carbonyl (C=O) groups excluding carboxylic acids is 2. The maximum Gasteiger partial charge on any atom is 0.411 e. The highest BCUT2D eigenvalue weighted by Gasteiger charge is 2.37. The lowest BCUT2D eigenvalue weighted by atomic mass is 10.2. The molecule has 122 valence electrons. The van der Waals surface area contributed by atoms with Gasteiger partial charge >= 0.3 is 6.09 Å². The van der Waals surface area contributed by atoms with Gasteiger partial charge in [-0.15, -0.1) is 23.1 Å². The zero-order chi connectivity index (χ0) is 16.3. The zero-order valence-corrected chi connectivity index (χ0v) is 14.8. The second-order valence-corrected chi connectivity index (χ2v) is 8.10. The highest BCUT2D eigenvalue weighted by atomic mass is 32.2. The molecule has 0 spiro atoms. The van der Waals surface area contributed by atoms with Gasteiger partial charge in [0.15, 0.2) is 0 Å². The Morgan fingerprint density at radius 1 is 1.50 bits per heavy atom. The van der Waals surface area contributed by atoms with Gasteiger partial charge in [0, 0.05) is 11.1 Å². The molecule has 2 heterocycles. The minimum Gasteiger partial charge on any atom is -0.444 e. The number of thioether (sulfide) groups is 1. The van der Waals surface area contributed by atoms with Gasteiger partial charge in [-0.3, -0.25) is 9.69 Å². The van der Waals surface area contributed by atoms with Crippen molar-refractivity contribution < 1.29 is 14.3 Å². The smallest absolute Gasteiger partial charge is 0.411 e. The highest BCUT2D eigenvalue weighted by molar-refractivity contribution is 7.99. The molecule has 22 heavy (non-hydrogen) atoms. The van der Waals surface area contributed by atoms with Crippen molar-refractivity contribution in [3.05, 3.63) is 16.1 Å². The summed E-state index contributed by atoms with van der Waals surface area (Å²) in [5, 5.41) is 5.73. The average molecular weight is 343 g/mol. The van der Waals surface area contributed by atoms with Crippen molar-refractivity contribution in [2.75, 3.05) is 11.6 Å². The maximum atomic E-state index is 12.3. The van der Waals surface area contributed by atoms with E-state index in [2.05, 4.69) is 10.3 Å². The molecule has 1 N–H and O–H groups in total. The first-order valence-electron chi connectivity index (χ1n) is 7.02. The van der Waals surface area contributed by atoms with E-state index in [0.717, 1.165) is 10.7 Å². The van der Waals surface area contributed by atoms with Crippen molar-refractivity contribution in [1.82, 2.24) is 15.2 Å². The molecule has 1 aliphatic rings. The molecule has 0 radical (unpaired) electrons. The summed E-state index contributed by atoms with van der Waals surface area (Å²) < 4.78 is 5.35. The molecule has 1 atom stereocenters. The van der Waals surface area contributed by atoms with Gasteiger partial charge in [0.2, 0.25) is 5.91 Å². The number of carbonyl (C=O) groups is 2. The van der Waals surface area contributed by atoms with Gasteiger partial charge in [-0.2, -0.15) is 0 Å². The summed E-state index contributed by atoms with van der Waals surface area (Å²) in [6.45, 7) is 7.75. The summed E-state index contributed by atoms with van der Waals surface area (Å²) in [6, 6.07) is -0.486. The topological polar surface area (TPSA) is 71.5 Å². The normalized spacial score (nSPS) is 18.4. The Morgan fingerprint density at radius 2 is 2.23 bits per heavy atom. The van der Waals surface area contributed by atoms with E-state index in [-0.39, 0.29) is 5.91 Å². The van der Waals surface area contributed by atoms with Gasteiger partial charge in [-0.05, 0) is 27.7 Å². The van der Waals surface area contributed by atoms with Crippen LogP contribution in [-0.2, 0) is 16.1 Å². The number of aryl methyl sites for hydroxylation is 1. The largest absolute Gasteiger partial charge is 0.444 e. The van der Waals surface area contributed by atoms with E-state index >= 15 is 0 Å². The number of hydrogen-bond donors (Lipinski definition) is 1. The van der Waals surface area contributed by atoms with E-state index < -0.39 is 17.7 Å². The summed E-state index contributed by atoms with van der Waals surface area (Å²) in [6.07, 6.45) is -0.442. The lowest BCUT2D eigenvalue weighted by molar-refractivity contribution is -0.125. The van der Waals surface area contributed by atoms with Crippen molar-refractivity contribution in [3.8, 4) is 0 Å². The summed E-state index contributed by atoms with van der Waals surface area (Å²) in [5.74, 6) is 0.894.